The largest absolute Gasteiger partial charge is 0.316 e. The van der Waals surface area contributed by atoms with Crippen molar-refractivity contribution in [1.29, 1.82) is 0 Å². The molecule has 102 valence electrons. The summed E-state index contributed by atoms with van der Waals surface area (Å²) in [6.45, 7) is 6.30. The van der Waals surface area contributed by atoms with Gasteiger partial charge in [0.15, 0.2) is 0 Å². The molecule has 0 aliphatic carbocycles. The average molecular weight is 274 g/mol. The predicted octanol–water partition coefficient (Wildman–Crippen LogP) is 1.87. The summed E-state index contributed by atoms with van der Waals surface area (Å²) in [5.74, 6) is -0.379. The molecular formula is C12H19FN2O2S. The van der Waals surface area contributed by atoms with E-state index >= 15 is 0 Å². The number of rotatable bonds is 6. The molecule has 0 spiro atoms. The van der Waals surface area contributed by atoms with Gasteiger partial charge in [0.05, 0.1) is 10.9 Å². The summed E-state index contributed by atoms with van der Waals surface area (Å²) < 4.78 is 39.4. The van der Waals surface area contributed by atoms with Crippen LogP contribution in [-0.2, 0) is 10.0 Å². The highest BCUT2D eigenvalue weighted by molar-refractivity contribution is 7.93. The summed E-state index contributed by atoms with van der Waals surface area (Å²) >= 11 is 0. The van der Waals surface area contributed by atoms with Gasteiger partial charge in [-0.1, -0.05) is 6.92 Å². The maximum Gasteiger partial charge on any atom is 0.236 e. The van der Waals surface area contributed by atoms with Gasteiger partial charge in [0.2, 0.25) is 10.0 Å². The molecule has 6 heteroatoms. The van der Waals surface area contributed by atoms with E-state index < -0.39 is 15.3 Å². The van der Waals surface area contributed by atoms with Gasteiger partial charge >= 0.3 is 0 Å². The highest BCUT2D eigenvalue weighted by Crippen LogP contribution is 2.18. The normalized spacial score (nSPS) is 13.3. The van der Waals surface area contributed by atoms with Crippen molar-refractivity contribution < 1.29 is 12.8 Å². The molecule has 18 heavy (non-hydrogen) atoms. The Bertz CT molecular complexity index is 503. The van der Waals surface area contributed by atoms with Crippen LogP contribution >= 0.6 is 0 Å². The van der Waals surface area contributed by atoms with E-state index in [4.69, 9.17) is 0 Å². The number of hydrogen-bond acceptors (Lipinski definition) is 3. The Morgan fingerprint density at radius 2 is 2.06 bits per heavy atom. The minimum atomic E-state index is -3.46. The quantitative estimate of drug-likeness (QED) is 0.832. The fraction of sp³-hybridized carbons (Fsp3) is 0.500. The van der Waals surface area contributed by atoms with E-state index in [9.17, 15) is 12.8 Å². The number of anilines is 1. The molecular weight excluding hydrogens is 255 g/mol. The van der Waals surface area contributed by atoms with Gasteiger partial charge in [-0.05, 0) is 44.2 Å². The molecule has 0 saturated carbocycles. The third kappa shape index (κ3) is 3.96. The lowest BCUT2D eigenvalue weighted by Gasteiger charge is -2.16. The molecule has 0 aliphatic rings. The molecule has 0 aliphatic heterocycles. The summed E-state index contributed by atoms with van der Waals surface area (Å²) in [6.07, 6.45) is 0. The molecule has 0 radical (unpaired) electrons. The second-order valence-electron chi connectivity index (χ2n) is 4.22. The zero-order valence-corrected chi connectivity index (χ0v) is 11.6. The molecule has 1 unspecified atom stereocenters. The van der Waals surface area contributed by atoms with E-state index in [1.807, 2.05) is 6.92 Å². The number of sulfonamides is 1. The second-order valence-corrected chi connectivity index (χ2v) is 6.32. The highest BCUT2D eigenvalue weighted by Gasteiger charge is 2.20. The van der Waals surface area contributed by atoms with E-state index in [1.165, 1.54) is 18.2 Å². The van der Waals surface area contributed by atoms with Crippen molar-refractivity contribution in [3.8, 4) is 0 Å². The summed E-state index contributed by atoms with van der Waals surface area (Å²) in [4.78, 5) is 0. The third-order valence-electron chi connectivity index (χ3n) is 2.65. The Morgan fingerprint density at radius 1 is 1.39 bits per heavy atom. The van der Waals surface area contributed by atoms with Gasteiger partial charge < -0.3 is 5.32 Å². The van der Waals surface area contributed by atoms with Crippen LogP contribution in [0.25, 0.3) is 0 Å². The van der Waals surface area contributed by atoms with E-state index in [-0.39, 0.29) is 5.82 Å². The lowest BCUT2D eigenvalue weighted by atomic mass is 10.2. The van der Waals surface area contributed by atoms with Crippen LogP contribution in [0.2, 0.25) is 0 Å². The van der Waals surface area contributed by atoms with Crippen LogP contribution in [0, 0.1) is 12.7 Å². The Balaban J connectivity index is 2.82. The molecule has 0 fully saturated rings. The van der Waals surface area contributed by atoms with Crippen molar-refractivity contribution >= 4 is 15.7 Å². The van der Waals surface area contributed by atoms with E-state index in [0.29, 0.717) is 17.8 Å². The van der Waals surface area contributed by atoms with Crippen molar-refractivity contribution in [3.05, 3.63) is 29.6 Å². The maximum absolute atomic E-state index is 12.9. The summed E-state index contributed by atoms with van der Waals surface area (Å²) in [5, 5.41) is 2.43. The van der Waals surface area contributed by atoms with Gasteiger partial charge in [-0.15, -0.1) is 0 Å². The standard InChI is InChI=1S/C12H19FN2O2S/c1-4-14-8-10(3)18(16,17)15-12-6-5-11(13)7-9(12)2/h5-7,10,14-15H,4,8H2,1-3H3. The monoisotopic (exact) mass is 274 g/mol. The summed E-state index contributed by atoms with van der Waals surface area (Å²) in [7, 11) is -3.46. The maximum atomic E-state index is 12.9. The zero-order chi connectivity index (χ0) is 13.8. The Kier molecular flexibility index (Phi) is 5.10. The Labute approximate surface area is 108 Å². The molecule has 1 aromatic carbocycles. The zero-order valence-electron chi connectivity index (χ0n) is 10.8. The summed E-state index contributed by atoms with van der Waals surface area (Å²) in [5.41, 5.74) is 0.981. The molecule has 1 rings (SSSR count). The molecule has 1 atom stereocenters. The molecule has 2 N–H and O–H groups in total. The van der Waals surface area contributed by atoms with Crippen LogP contribution in [0.4, 0.5) is 10.1 Å². The first-order chi connectivity index (χ1) is 8.36. The van der Waals surface area contributed by atoms with E-state index in [2.05, 4.69) is 10.0 Å². The number of hydrogen-bond donors (Lipinski definition) is 2. The SMILES string of the molecule is CCNCC(C)S(=O)(=O)Nc1ccc(F)cc1C. The van der Waals surface area contributed by atoms with Crippen LogP contribution in [0.5, 0.6) is 0 Å². The van der Waals surface area contributed by atoms with Crippen molar-refractivity contribution in [2.24, 2.45) is 0 Å². The van der Waals surface area contributed by atoms with Gasteiger partial charge in [-0.2, -0.15) is 0 Å². The number of benzene rings is 1. The van der Waals surface area contributed by atoms with E-state index in [1.54, 1.807) is 13.8 Å². The number of halogens is 1. The van der Waals surface area contributed by atoms with Gasteiger partial charge in [0.25, 0.3) is 0 Å². The minimum Gasteiger partial charge on any atom is -0.316 e. The first-order valence-electron chi connectivity index (χ1n) is 5.85. The van der Waals surface area contributed by atoms with Crippen LogP contribution in [-0.4, -0.2) is 26.8 Å². The van der Waals surface area contributed by atoms with Crippen LogP contribution in [0.1, 0.15) is 19.4 Å². The molecule has 4 nitrogen and oxygen atoms in total. The minimum absolute atomic E-state index is 0.379. The first kappa shape index (κ1) is 14.9. The Hall–Kier alpha value is -1.14. The molecule has 0 saturated heterocycles. The van der Waals surface area contributed by atoms with Gasteiger partial charge in [-0.3, -0.25) is 4.72 Å². The predicted molar refractivity (Wildman–Crippen MR) is 71.7 cm³/mol. The van der Waals surface area contributed by atoms with Crippen molar-refractivity contribution in [1.82, 2.24) is 5.32 Å². The van der Waals surface area contributed by atoms with Crippen LogP contribution in [0.15, 0.2) is 18.2 Å². The lowest BCUT2D eigenvalue weighted by Crippen LogP contribution is -2.34. The second kappa shape index (κ2) is 6.15. The van der Waals surface area contributed by atoms with Crippen molar-refractivity contribution in [2.45, 2.75) is 26.0 Å². The molecule has 1 aromatic rings. The van der Waals surface area contributed by atoms with Crippen molar-refractivity contribution in [3.63, 3.8) is 0 Å². The fourth-order valence-corrected chi connectivity index (χ4v) is 2.53. The highest BCUT2D eigenvalue weighted by atomic mass is 32.2. The van der Waals surface area contributed by atoms with Crippen LogP contribution in [0.3, 0.4) is 0 Å². The molecule has 0 heterocycles. The van der Waals surface area contributed by atoms with Gasteiger partial charge in [-0.25, -0.2) is 12.8 Å². The fourth-order valence-electron chi connectivity index (χ4n) is 1.45. The molecule has 0 aromatic heterocycles. The van der Waals surface area contributed by atoms with Gasteiger partial charge in [0, 0.05) is 6.54 Å². The lowest BCUT2D eigenvalue weighted by molar-refractivity contribution is 0.579. The first-order valence-corrected chi connectivity index (χ1v) is 7.40. The van der Waals surface area contributed by atoms with E-state index in [0.717, 1.165) is 6.54 Å². The Morgan fingerprint density at radius 3 is 2.61 bits per heavy atom. The summed E-state index contributed by atoms with van der Waals surface area (Å²) in [6, 6.07) is 3.97. The van der Waals surface area contributed by atoms with Gasteiger partial charge in [0.1, 0.15) is 5.82 Å². The number of nitrogens with one attached hydrogen (secondary N) is 2. The molecule has 0 amide bonds. The topological polar surface area (TPSA) is 58.2 Å². The van der Waals surface area contributed by atoms with Crippen LogP contribution < -0.4 is 10.0 Å². The average Bonchev–Trinajstić information content (AvgIpc) is 2.29. The third-order valence-corrected chi connectivity index (χ3v) is 4.38. The smallest absolute Gasteiger partial charge is 0.236 e. The number of aryl methyl sites for hydroxylation is 1. The van der Waals surface area contributed by atoms with Crippen molar-refractivity contribution in [2.75, 3.05) is 17.8 Å². The molecule has 0 bridgehead atoms.